The molecule has 0 bridgehead atoms. The first-order valence-electron chi connectivity index (χ1n) is 5.12. The Morgan fingerprint density at radius 3 is 2.82 bits per heavy atom. The molecule has 94 valence electrons. The molecule has 3 nitrogen and oxygen atoms in total. The molecule has 0 aromatic heterocycles. The number of halogens is 1. The zero-order valence-electron chi connectivity index (χ0n) is 9.89. The molecule has 0 aliphatic carbocycles. The van der Waals surface area contributed by atoms with E-state index >= 15 is 0 Å². The largest absolute Gasteiger partial charge is 0.504 e. The predicted molar refractivity (Wildman–Crippen MR) is 70.5 cm³/mol. The molecule has 1 atom stereocenters. The number of methoxy groups -OCH3 is 1. The van der Waals surface area contributed by atoms with Gasteiger partial charge in [0.15, 0.2) is 18.9 Å². The van der Waals surface area contributed by atoms with Gasteiger partial charge in [-0.1, -0.05) is 6.07 Å². The summed E-state index contributed by atoms with van der Waals surface area (Å²) in [5, 5.41) is 9.39. The van der Waals surface area contributed by atoms with E-state index < -0.39 is 7.42 Å². The summed E-state index contributed by atoms with van der Waals surface area (Å²) in [6, 6.07) is 4.75. The van der Waals surface area contributed by atoms with E-state index in [0.717, 1.165) is 0 Å². The Morgan fingerprint density at radius 1 is 1.53 bits per heavy atom. The summed E-state index contributed by atoms with van der Waals surface area (Å²) < 4.78 is 23.5. The maximum atomic E-state index is 13.6. The van der Waals surface area contributed by atoms with Crippen molar-refractivity contribution in [2.75, 3.05) is 13.7 Å². The molecular weight excluding hydrogens is 242 g/mol. The summed E-state index contributed by atoms with van der Waals surface area (Å²) in [6.07, 6.45) is 4.96. The molecule has 0 saturated carbocycles. The average molecular weight is 258 g/mol. The van der Waals surface area contributed by atoms with Crippen LogP contribution in [-0.2, 0) is 4.52 Å². The van der Waals surface area contributed by atoms with Gasteiger partial charge in [0, 0.05) is 0 Å². The highest BCUT2D eigenvalue weighted by Crippen LogP contribution is 2.50. The van der Waals surface area contributed by atoms with Crippen LogP contribution in [0.4, 0.5) is 4.20 Å². The van der Waals surface area contributed by atoms with Gasteiger partial charge in [-0.15, -0.1) is 0 Å². The third kappa shape index (κ3) is 4.25. The number of rotatable bonds is 5. The van der Waals surface area contributed by atoms with Gasteiger partial charge in [0.1, 0.15) is 0 Å². The molecule has 0 aliphatic rings. The van der Waals surface area contributed by atoms with Crippen molar-refractivity contribution in [2.45, 2.75) is 6.92 Å². The summed E-state index contributed by atoms with van der Waals surface area (Å²) in [5.74, 6) is 1.71. The standard InChI is InChI=1S/C12H16FO3P/c1-4-16-17(3,13)8-7-10-5-6-11(14)12(9-10)15-2/h5-9,14H,3-4H2,1-2H3/b8-7+. The number of ether oxygens (including phenoxy) is 1. The summed E-state index contributed by atoms with van der Waals surface area (Å²) in [5.41, 5.74) is 0.713. The highest BCUT2D eigenvalue weighted by molar-refractivity contribution is 7.67. The molecule has 1 aromatic carbocycles. The number of aromatic hydroxyl groups is 1. The van der Waals surface area contributed by atoms with E-state index in [1.807, 2.05) is 0 Å². The first-order chi connectivity index (χ1) is 7.98. The lowest BCUT2D eigenvalue weighted by Gasteiger charge is -2.09. The number of hydrogen-bond acceptors (Lipinski definition) is 3. The van der Waals surface area contributed by atoms with Crippen molar-refractivity contribution in [1.82, 2.24) is 0 Å². The Kier molecular flexibility index (Phi) is 4.79. The van der Waals surface area contributed by atoms with Crippen molar-refractivity contribution >= 4 is 19.8 Å². The predicted octanol–water partition coefficient (Wildman–Crippen LogP) is 3.66. The number of hydrogen-bond donors (Lipinski definition) is 1. The van der Waals surface area contributed by atoms with E-state index in [1.54, 1.807) is 25.1 Å². The maximum absolute atomic E-state index is 13.6. The van der Waals surface area contributed by atoms with Gasteiger partial charge in [-0.3, -0.25) is 0 Å². The number of benzene rings is 1. The fourth-order valence-electron chi connectivity index (χ4n) is 1.25. The molecule has 0 spiro atoms. The van der Waals surface area contributed by atoms with Gasteiger partial charge in [-0.25, -0.2) is 0 Å². The van der Waals surface area contributed by atoms with Gasteiger partial charge in [0.2, 0.25) is 0 Å². The van der Waals surface area contributed by atoms with Crippen LogP contribution < -0.4 is 4.74 Å². The minimum absolute atomic E-state index is 0.0467. The Bertz CT molecular complexity index is 457. The van der Waals surface area contributed by atoms with Crippen LogP contribution in [0.15, 0.2) is 24.0 Å². The highest BCUT2D eigenvalue weighted by atomic mass is 31.2. The van der Waals surface area contributed by atoms with Crippen LogP contribution in [0.5, 0.6) is 11.5 Å². The average Bonchev–Trinajstić information content (AvgIpc) is 2.28. The number of phenolic OH excluding ortho intramolecular Hbond substituents is 1. The van der Waals surface area contributed by atoms with Crippen LogP contribution >= 0.6 is 7.42 Å². The SMILES string of the molecule is C=P(F)(/C=C/c1ccc(O)c(OC)c1)OCC. The van der Waals surface area contributed by atoms with Crippen molar-refractivity contribution in [2.24, 2.45) is 0 Å². The van der Waals surface area contributed by atoms with Gasteiger partial charge in [-0.05, 0) is 42.8 Å². The third-order valence-electron chi connectivity index (χ3n) is 2.04. The zero-order chi connectivity index (χ0) is 12.9. The van der Waals surface area contributed by atoms with Crippen LogP contribution in [0.1, 0.15) is 12.5 Å². The van der Waals surface area contributed by atoms with E-state index in [1.165, 1.54) is 19.0 Å². The molecule has 0 fully saturated rings. The number of phenols is 1. The van der Waals surface area contributed by atoms with Crippen LogP contribution in [-0.4, -0.2) is 25.1 Å². The second-order valence-electron chi connectivity index (χ2n) is 3.37. The van der Waals surface area contributed by atoms with E-state index in [9.17, 15) is 9.30 Å². The Morgan fingerprint density at radius 2 is 2.24 bits per heavy atom. The third-order valence-corrected chi connectivity index (χ3v) is 3.32. The normalized spacial score (nSPS) is 14.8. The van der Waals surface area contributed by atoms with Crippen LogP contribution in [0.3, 0.4) is 0 Å². The molecule has 0 radical (unpaired) electrons. The minimum Gasteiger partial charge on any atom is -0.504 e. The van der Waals surface area contributed by atoms with Gasteiger partial charge >= 0.3 is 0 Å². The van der Waals surface area contributed by atoms with Crippen molar-refractivity contribution in [3.8, 4) is 11.5 Å². The van der Waals surface area contributed by atoms with Crippen LogP contribution in [0, 0.1) is 0 Å². The molecule has 1 rings (SSSR count). The first-order valence-corrected chi connectivity index (χ1v) is 6.97. The topological polar surface area (TPSA) is 38.7 Å². The molecule has 1 aromatic rings. The van der Waals surface area contributed by atoms with E-state index in [0.29, 0.717) is 11.3 Å². The van der Waals surface area contributed by atoms with E-state index in [-0.39, 0.29) is 12.4 Å². The quantitative estimate of drug-likeness (QED) is 0.819. The molecule has 0 heterocycles. The van der Waals surface area contributed by atoms with Crippen molar-refractivity contribution in [3.63, 3.8) is 0 Å². The Labute approximate surface area is 101 Å². The molecule has 1 unspecified atom stereocenters. The molecule has 0 aliphatic heterocycles. The van der Waals surface area contributed by atoms with E-state index in [2.05, 4.69) is 6.30 Å². The van der Waals surface area contributed by atoms with E-state index in [4.69, 9.17) is 9.26 Å². The molecule has 5 heteroatoms. The van der Waals surface area contributed by atoms with Gasteiger partial charge < -0.3 is 14.4 Å². The van der Waals surface area contributed by atoms with Crippen LogP contribution in [0.2, 0.25) is 0 Å². The molecular formula is C12H16FO3P. The lowest BCUT2D eigenvalue weighted by atomic mass is 10.2. The monoisotopic (exact) mass is 258 g/mol. The second kappa shape index (κ2) is 5.89. The summed E-state index contributed by atoms with van der Waals surface area (Å²) in [4.78, 5) is 0. The van der Waals surface area contributed by atoms with Gasteiger partial charge in [0.25, 0.3) is 0 Å². The molecule has 0 amide bonds. The minimum atomic E-state index is -3.18. The molecule has 17 heavy (non-hydrogen) atoms. The smallest absolute Gasteiger partial charge is 0.185 e. The van der Waals surface area contributed by atoms with Crippen LogP contribution in [0.25, 0.3) is 6.08 Å². The first kappa shape index (κ1) is 13.8. The summed E-state index contributed by atoms with van der Waals surface area (Å²) >= 11 is 0. The van der Waals surface area contributed by atoms with Gasteiger partial charge in [0.05, 0.1) is 13.7 Å². The van der Waals surface area contributed by atoms with Crippen molar-refractivity contribution in [1.29, 1.82) is 0 Å². The lowest BCUT2D eigenvalue weighted by Crippen LogP contribution is -1.84. The highest BCUT2D eigenvalue weighted by Gasteiger charge is 2.07. The maximum Gasteiger partial charge on any atom is 0.185 e. The second-order valence-corrected chi connectivity index (χ2v) is 5.33. The fourth-order valence-corrected chi connectivity index (χ4v) is 2.16. The van der Waals surface area contributed by atoms with Crippen molar-refractivity contribution < 1.29 is 18.6 Å². The summed E-state index contributed by atoms with van der Waals surface area (Å²) in [6.45, 7) is 2.01. The summed E-state index contributed by atoms with van der Waals surface area (Å²) in [7, 11) is -1.72. The van der Waals surface area contributed by atoms with Crippen molar-refractivity contribution in [3.05, 3.63) is 29.6 Å². The molecule has 1 N–H and O–H groups in total. The fraction of sp³-hybridized carbons (Fsp3) is 0.250. The van der Waals surface area contributed by atoms with Gasteiger partial charge in [-0.2, -0.15) is 4.20 Å². The zero-order valence-corrected chi connectivity index (χ0v) is 10.8. The lowest BCUT2D eigenvalue weighted by molar-refractivity contribution is 0.359. The molecule has 0 saturated heterocycles. The Hall–Kier alpha value is -1.25. The Balaban J connectivity index is 2.88.